The van der Waals surface area contributed by atoms with Crippen LogP contribution in [0.15, 0.2) is 41.3 Å². The molecule has 2 rings (SSSR count). The van der Waals surface area contributed by atoms with Crippen molar-refractivity contribution in [3.63, 3.8) is 0 Å². The van der Waals surface area contributed by atoms with Crippen LogP contribution in [0.3, 0.4) is 0 Å². The Labute approximate surface area is 126 Å². The van der Waals surface area contributed by atoms with Gasteiger partial charge in [-0.3, -0.25) is 0 Å². The highest BCUT2D eigenvalue weighted by Crippen LogP contribution is 2.24. The molecule has 0 spiro atoms. The Kier molecular flexibility index (Phi) is 4.45. The zero-order chi connectivity index (χ0) is 14.8. The summed E-state index contributed by atoms with van der Waals surface area (Å²) >= 11 is 7.17. The Balaban J connectivity index is 2.27. The molecule has 20 heavy (non-hydrogen) atoms. The molecule has 0 atom stereocenters. The second-order valence-electron chi connectivity index (χ2n) is 4.11. The molecule has 0 fully saturated rings. The molecule has 104 valence electrons. The van der Waals surface area contributed by atoms with Crippen LogP contribution in [0.1, 0.15) is 10.4 Å². The van der Waals surface area contributed by atoms with Crippen LogP contribution < -0.4 is 0 Å². The van der Waals surface area contributed by atoms with Crippen LogP contribution >= 0.6 is 22.9 Å². The van der Waals surface area contributed by atoms with Crippen molar-refractivity contribution in [3.8, 4) is 6.07 Å². The number of hydrogen-bond donors (Lipinski definition) is 0. The lowest BCUT2D eigenvalue weighted by atomic mass is 10.2. The van der Waals surface area contributed by atoms with E-state index in [9.17, 15) is 8.42 Å². The maximum atomic E-state index is 12.4. The first-order valence-electron chi connectivity index (χ1n) is 5.64. The minimum absolute atomic E-state index is 0.113. The van der Waals surface area contributed by atoms with Gasteiger partial charge in [0.2, 0.25) is 10.0 Å². The molecule has 0 unspecified atom stereocenters. The van der Waals surface area contributed by atoms with Gasteiger partial charge in [-0.25, -0.2) is 8.42 Å². The predicted octanol–water partition coefficient (Wildman–Crippen LogP) is 3.09. The van der Waals surface area contributed by atoms with Crippen molar-refractivity contribution in [1.29, 1.82) is 5.26 Å². The summed E-state index contributed by atoms with van der Waals surface area (Å²) in [4.78, 5) is 0.971. The Morgan fingerprint density at radius 1 is 1.35 bits per heavy atom. The van der Waals surface area contributed by atoms with Crippen LogP contribution in [0.5, 0.6) is 0 Å². The van der Waals surface area contributed by atoms with Gasteiger partial charge in [0.05, 0.1) is 20.9 Å². The highest BCUT2D eigenvalue weighted by Gasteiger charge is 2.21. The van der Waals surface area contributed by atoms with E-state index >= 15 is 0 Å². The molecule has 1 aromatic carbocycles. The molecule has 0 aliphatic rings. The Hall–Kier alpha value is -1.39. The summed E-state index contributed by atoms with van der Waals surface area (Å²) < 4.78 is 26.7. The third-order valence-corrected chi connectivity index (χ3v) is 5.69. The smallest absolute Gasteiger partial charge is 0.207 e. The molecular weight excluding hydrogens is 316 g/mol. The van der Waals surface area contributed by atoms with Crippen molar-refractivity contribution < 1.29 is 8.42 Å². The van der Waals surface area contributed by atoms with Crippen LogP contribution in [0.25, 0.3) is 0 Å². The van der Waals surface area contributed by atoms with E-state index in [1.807, 2.05) is 6.07 Å². The molecule has 0 aliphatic carbocycles. The highest BCUT2D eigenvalue weighted by molar-refractivity contribution is 7.89. The lowest BCUT2D eigenvalue weighted by Gasteiger charge is -2.16. The molecule has 0 saturated carbocycles. The number of thiophene rings is 1. The van der Waals surface area contributed by atoms with Gasteiger partial charge in [0.15, 0.2) is 0 Å². The second-order valence-corrected chi connectivity index (χ2v) is 7.95. The van der Waals surface area contributed by atoms with Gasteiger partial charge in [0.1, 0.15) is 0 Å². The molecule has 1 heterocycles. The van der Waals surface area contributed by atoms with Crippen molar-refractivity contribution in [2.45, 2.75) is 11.4 Å². The molecule has 0 aliphatic heterocycles. The van der Waals surface area contributed by atoms with E-state index in [0.717, 1.165) is 4.88 Å². The van der Waals surface area contributed by atoms with Gasteiger partial charge in [-0.15, -0.1) is 11.3 Å². The topological polar surface area (TPSA) is 61.2 Å². The summed E-state index contributed by atoms with van der Waals surface area (Å²) in [5, 5.41) is 8.83. The average Bonchev–Trinajstić information content (AvgIpc) is 2.84. The third-order valence-electron chi connectivity index (χ3n) is 2.68. The molecule has 0 saturated heterocycles. The van der Waals surface area contributed by atoms with Gasteiger partial charge in [-0.05, 0) is 30.3 Å². The average molecular weight is 327 g/mol. The standard InChI is InChI=1S/C13H11ClN2O2S2/c1-16(9-11-5-6-13(14)19-11)20(17,18)12-4-2-3-10(7-12)8-15/h2-7H,9H2,1H3. The maximum absolute atomic E-state index is 12.4. The number of nitriles is 1. The number of hydrogen-bond acceptors (Lipinski definition) is 4. The zero-order valence-corrected chi connectivity index (χ0v) is 13.0. The van der Waals surface area contributed by atoms with Gasteiger partial charge < -0.3 is 0 Å². The monoisotopic (exact) mass is 326 g/mol. The number of sulfonamides is 1. The van der Waals surface area contributed by atoms with E-state index in [2.05, 4.69) is 0 Å². The largest absolute Gasteiger partial charge is 0.243 e. The lowest BCUT2D eigenvalue weighted by molar-refractivity contribution is 0.469. The maximum Gasteiger partial charge on any atom is 0.243 e. The van der Waals surface area contributed by atoms with Crippen molar-refractivity contribution in [2.24, 2.45) is 0 Å². The molecular formula is C13H11ClN2O2S2. The van der Waals surface area contributed by atoms with Crippen molar-refractivity contribution in [2.75, 3.05) is 7.05 Å². The first-order valence-corrected chi connectivity index (χ1v) is 8.27. The highest BCUT2D eigenvalue weighted by atomic mass is 35.5. The minimum atomic E-state index is -3.61. The third kappa shape index (κ3) is 3.19. The Morgan fingerprint density at radius 3 is 2.70 bits per heavy atom. The van der Waals surface area contributed by atoms with Gasteiger partial charge in [-0.2, -0.15) is 9.57 Å². The van der Waals surface area contributed by atoms with Crippen LogP contribution in [0.4, 0.5) is 0 Å². The lowest BCUT2D eigenvalue weighted by Crippen LogP contribution is -2.26. The molecule has 7 heteroatoms. The van der Waals surface area contributed by atoms with Crippen LogP contribution in [-0.2, 0) is 16.6 Å². The van der Waals surface area contributed by atoms with E-state index < -0.39 is 10.0 Å². The second kappa shape index (κ2) is 5.94. The van der Waals surface area contributed by atoms with E-state index in [4.69, 9.17) is 16.9 Å². The Morgan fingerprint density at radius 2 is 2.10 bits per heavy atom. The van der Waals surface area contributed by atoms with E-state index in [1.54, 1.807) is 24.3 Å². The minimum Gasteiger partial charge on any atom is -0.207 e. The summed E-state index contributed by atoms with van der Waals surface area (Å²) in [5.41, 5.74) is 0.318. The molecule has 0 N–H and O–H groups in total. The van der Waals surface area contributed by atoms with Gasteiger partial charge in [0, 0.05) is 18.5 Å². The zero-order valence-electron chi connectivity index (χ0n) is 10.6. The Bertz CT molecular complexity index is 763. The van der Waals surface area contributed by atoms with Crippen molar-refractivity contribution in [1.82, 2.24) is 4.31 Å². The molecule has 0 amide bonds. The van der Waals surface area contributed by atoms with E-state index in [0.29, 0.717) is 9.90 Å². The fraction of sp³-hybridized carbons (Fsp3) is 0.154. The number of halogens is 1. The van der Waals surface area contributed by atoms with Gasteiger partial charge in [-0.1, -0.05) is 17.7 Å². The summed E-state index contributed by atoms with van der Waals surface area (Å²) in [7, 11) is -2.11. The summed E-state index contributed by atoms with van der Waals surface area (Å²) in [6.07, 6.45) is 0. The predicted molar refractivity (Wildman–Crippen MR) is 79.1 cm³/mol. The van der Waals surface area contributed by atoms with Gasteiger partial charge >= 0.3 is 0 Å². The van der Waals surface area contributed by atoms with Crippen LogP contribution in [-0.4, -0.2) is 19.8 Å². The quantitative estimate of drug-likeness (QED) is 0.867. The van der Waals surface area contributed by atoms with E-state index in [-0.39, 0.29) is 11.4 Å². The SMILES string of the molecule is CN(Cc1ccc(Cl)s1)S(=O)(=O)c1cccc(C#N)c1. The molecule has 0 bridgehead atoms. The first-order chi connectivity index (χ1) is 9.43. The first kappa shape index (κ1) is 15.0. The van der Waals surface area contributed by atoms with Crippen molar-refractivity contribution in [3.05, 3.63) is 51.2 Å². The number of benzene rings is 1. The number of nitrogens with zero attached hydrogens (tertiary/aromatic N) is 2. The normalized spacial score (nSPS) is 11.5. The number of rotatable bonds is 4. The fourth-order valence-corrected chi connectivity index (χ4v) is 4.07. The molecule has 0 radical (unpaired) electrons. The molecule has 1 aromatic heterocycles. The molecule has 2 aromatic rings. The van der Waals surface area contributed by atoms with Crippen LogP contribution in [0, 0.1) is 11.3 Å². The summed E-state index contributed by atoms with van der Waals surface area (Å²) in [5.74, 6) is 0. The van der Waals surface area contributed by atoms with E-state index in [1.165, 1.54) is 34.8 Å². The molecule has 4 nitrogen and oxygen atoms in total. The van der Waals surface area contributed by atoms with Crippen LogP contribution in [0.2, 0.25) is 4.34 Å². The summed E-state index contributed by atoms with van der Waals surface area (Å²) in [6, 6.07) is 11.4. The fourth-order valence-electron chi connectivity index (χ4n) is 1.65. The van der Waals surface area contributed by atoms with Gasteiger partial charge in [0.25, 0.3) is 0 Å². The van der Waals surface area contributed by atoms with Crippen molar-refractivity contribution >= 4 is 33.0 Å². The summed E-state index contributed by atoms with van der Waals surface area (Å²) in [6.45, 7) is 0.247.